The fraction of sp³-hybridized carbons (Fsp3) is 0.100. The van der Waals surface area contributed by atoms with Gasteiger partial charge in [-0.25, -0.2) is 0 Å². The minimum absolute atomic E-state index is 0.0857. The molecule has 0 aliphatic carbocycles. The van der Waals surface area contributed by atoms with Gasteiger partial charge in [0.05, 0.1) is 11.1 Å². The predicted molar refractivity (Wildman–Crippen MR) is 60.2 cm³/mol. The van der Waals surface area contributed by atoms with Gasteiger partial charge >= 0.3 is 16.5 Å². The number of halogens is 3. The zero-order valence-electron chi connectivity index (χ0n) is 9.05. The fourth-order valence-electron chi connectivity index (χ4n) is 1.73. The number of para-hydroxylation sites is 1. The first kappa shape index (κ1) is 13.6. The van der Waals surface area contributed by atoms with Crippen molar-refractivity contribution < 1.29 is 26.1 Å². The average molecular weight is 293 g/mol. The molecule has 0 unspecified atom stereocenters. The lowest BCUT2D eigenvalue weighted by atomic mass is 10.1. The molecule has 1 N–H and O–H groups in total. The van der Waals surface area contributed by atoms with E-state index in [0.29, 0.717) is 0 Å². The molecule has 0 saturated heterocycles. The first-order valence-corrected chi connectivity index (χ1v) is 6.22. The minimum Gasteiger partial charge on any atom is -0.269 e. The van der Waals surface area contributed by atoms with Gasteiger partial charge < -0.3 is 0 Å². The fourth-order valence-corrected chi connectivity index (χ4v) is 2.42. The molecule has 0 amide bonds. The van der Waals surface area contributed by atoms with Gasteiger partial charge in [0, 0.05) is 11.5 Å². The maximum atomic E-state index is 12.8. The number of hydrogen-bond acceptors (Lipinski definition) is 3. The number of alkyl halides is 3. The second-order valence-corrected chi connectivity index (χ2v) is 4.91. The van der Waals surface area contributed by atoms with Crippen molar-refractivity contribution in [1.29, 1.82) is 0 Å². The molecule has 0 aliphatic heterocycles. The smallest absolute Gasteiger partial charge is 0.269 e. The Kier molecular flexibility index (Phi) is 2.90. The highest BCUT2D eigenvalue weighted by atomic mass is 32.2. The summed E-state index contributed by atoms with van der Waals surface area (Å²) in [7, 11) is -4.99. The molecule has 5 nitrogen and oxygen atoms in total. The number of pyridine rings is 1. The van der Waals surface area contributed by atoms with Gasteiger partial charge in [-0.3, -0.25) is 9.35 Å². The maximum absolute atomic E-state index is 12.8. The van der Waals surface area contributed by atoms with Gasteiger partial charge in [0.2, 0.25) is 0 Å². The van der Waals surface area contributed by atoms with Gasteiger partial charge in [0.25, 0.3) is 5.56 Å². The Hall–Kier alpha value is -1.87. The normalized spacial score (nSPS) is 12.8. The summed E-state index contributed by atoms with van der Waals surface area (Å²) < 4.78 is 69.3. The first-order chi connectivity index (χ1) is 8.62. The third kappa shape index (κ3) is 2.34. The summed E-state index contributed by atoms with van der Waals surface area (Å²) in [6.45, 7) is 0. The second kappa shape index (κ2) is 4.07. The Morgan fingerprint density at radius 3 is 2.26 bits per heavy atom. The summed E-state index contributed by atoms with van der Waals surface area (Å²) in [5.74, 6) is 0. The number of hydrogen-bond donors (Lipinski definition) is 1. The van der Waals surface area contributed by atoms with Crippen molar-refractivity contribution in [3.05, 3.63) is 46.2 Å². The molecular formula is C10H6F3NO4S. The summed E-state index contributed by atoms with van der Waals surface area (Å²) in [5, 5.41) is -0.493. The van der Waals surface area contributed by atoms with E-state index >= 15 is 0 Å². The Bertz CT molecular complexity index is 808. The van der Waals surface area contributed by atoms with E-state index in [0.717, 1.165) is 12.1 Å². The van der Waals surface area contributed by atoms with Gasteiger partial charge in [-0.2, -0.15) is 25.6 Å². The number of rotatable bonds is 1. The van der Waals surface area contributed by atoms with Crippen molar-refractivity contribution in [2.45, 2.75) is 6.18 Å². The molecule has 0 saturated carbocycles. The molecule has 1 aromatic heterocycles. The van der Waals surface area contributed by atoms with E-state index in [1.165, 1.54) is 12.1 Å². The molecule has 19 heavy (non-hydrogen) atoms. The first-order valence-electron chi connectivity index (χ1n) is 4.82. The minimum atomic E-state index is -4.99. The van der Waals surface area contributed by atoms with E-state index in [-0.39, 0.29) is 10.0 Å². The van der Waals surface area contributed by atoms with Gasteiger partial charge in [0.15, 0.2) is 0 Å². The Morgan fingerprint density at radius 1 is 1.16 bits per heavy atom. The van der Waals surface area contributed by atoms with Gasteiger partial charge in [-0.15, -0.1) is 0 Å². The highest BCUT2D eigenvalue weighted by molar-refractivity contribution is 7.84. The van der Waals surface area contributed by atoms with E-state index in [2.05, 4.69) is 0 Å². The van der Waals surface area contributed by atoms with Crippen molar-refractivity contribution in [3.63, 3.8) is 0 Å². The Labute approximate surface area is 104 Å². The molecule has 0 radical (unpaired) electrons. The molecule has 2 aromatic rings. The van der Waals surface area contributed by atoms with Crippen molar-refractivity contribution in [2.75, 3.05) is 0 Å². The van der Waals surface area contributed by atoms with Crippen LogP contribution in [0.4, 0.5) is 13.2 Å². The lowest BCUT2D eigenvalue weighted by molar-refractivity contribution is -0.136. The SMILES string of the molecule is O=c1cc(C(F)(F)F)c2ccccc2n1S(=O)(=O)O. The van der Waals surface area contributed by atoms with Crippen molar-refractivity contribution in [3.8, 4) is 0 Å². The highest BCUT2D eigenvalue weighted by Crippen LogP contribution is 2.33. The average Bonchev–Trinajstić information content (AvgIpc) is 2.24. The third-order valence-electron chi connectivity index (χ3n) is 2.42. The van der Waals surface area contributed by atoms with E-state index in [1.807, 2.05) is 0 Å². The molecule has 1 heterocycles. The predicted octanol–water partition coefficient (Wildman–Crippen LogP) is 1.67. The van der Waals surface area contributed by atoms with E-state index in [1.54, 1.807) is 0 Å². The van der Waals surface area contributed by atoms with Gasteiger partial charge in [0.1, 0.15) is 0 Å². The van der Waals surface area contributed by atoms with Crippen LogP contribution in [0.5, 0.6) is 0 Å². The van der Waals surface area contributed by atoms with E-state index in [4.69, 9.17) is 4.55 Å². The van der Waals surface area contributed by atoms with Crippen LogP contribution in [0, 0.1) is 0 Å². The van der Waals surface area contributed by atoms with Crippen LogP contribution in [0.2, 0.25) is 0 Å². The van der Waals surface area contributed by atoms with Crippen LogP contribution >= 0.6 is 0 Å². The zero-order valence-corrected chi connectivity index (χ0v) is 9.86. The van der Waals surface area contributed by atoms with Crippen LogP contribution in [0.25, 0.3) is 10.9 Å². The lowest BCUT2D eigenvalue weighted by Crippen LogP contribution is -2.28. The van der Waals surface area contributed by atoms with Gasteiger partial charge in [-0.1, -0.05) is 18.2 Å². The van der Waals surface area contributed by atoms with Crippen LogP contribution in [0.3, 0.4) is 0 Å². The summed E-state index contributed by atoms with van der Waals surface area (Å²) in [6.07, 6.45) is -4.81. The van der Waals surface area contributed by atoms with Crippen LogP contribution in [-0.4, -0.2) is 16.9 Å². The molecule has 0 spiro atoms. The van der Waals surface area contributed by atoms with Crippen LogP contribution in [0.15, 0.2) is 35.1 Å². The van der Waals surface area contributed by atoms with Crippen LogP contribution in [-0.2, 0) is 16.5 Å². The van der Waals surface area contributed by atoms with Crippen molar-refractivity contribution in [1.82, 2.24) is 3.97 Å². The summed E-state index contributed by atoms with van der Waals surface area (Å²) >= 11 is 0. The molecule has 9 heteroatoms. The standard InChI is InChI=1S/C10H6F3NO4S/c11-10(12,13)7-5-9(15)14(19(16,17)18)8-4-2-1-3-6(7)8/h1-5H,(H,16,17,18). The second-order valence-electron chi connectivity index (χ2n) is 3.65. The van der Waals surface area contributed by atoms with Crippen LogP contribution in [0.1, 0.15) is 5.56 Å². The highest BCUT2D eigenvalue weighted by Gasteiger charge is 2.34. The molecule has 0 bridgehead atoms. The Morgan fingerprint density at radius 2 is 1.74 bits per heavy atom. The number of nitrogens with zero attached hydrogens (tertiary/aromatic N) is 1. The van der Waals surface area contributed by atoms with Gasteiger partial charge in [-0.05, 0) is 6.07 Å². The summed E-state index contributed by atoms with van der Waals surface area (Å²) in [4.78, 5) is 11.5. The van der Waals surface area contributed by atoms with Crippen LogP contribution < -0.4 is 5.56 Å². The molecular weight excluding hydrogens is 287 g/mol. The quantitative estimate of drug-likeness (QED) is 0.811. The summed E-state index contributed by atoms with van der Waals surface area (Å²) in [6, 6.07) is 4.66. The maximum Gasteiger partial charge on any atom is 0.417 e. The third-order valence-corrected chi connectivity index (χ3v) is 3.26. The monoisotopic (exact) mass is 293 g/mol. The van der Waals surface area contributed by atoms with E-state index < -0.39 is 38.5 Å². The largest absolute Gasteiger partial charge is 0.417 e. The zero-order chi connectivity index (χ0) is 14.4. The topological polar surface area (TPSA) is 76.4 Å². The number of aromatic nitrogens is 1. The molecule has 0 atom stereocenters. The summed E-state index contributed by atoms with van der Waals surface area (Å²) in [5.41, 5.74) is -3.27. The number of fused-ring (bicyclic) bond motifs is 1. The molecule has 0 fully saturated rings. The lowest BCUT2D eigenvalue weighted by Gasteiger charge is -2.13. The Balaban J connectivity index is 3.07. The van der Waals surface area contributed by atoms with Crippen molar-refractivity contribution >= 4 is 21.2 Å². The van der Waals surface area contributed by atoms with E-state index in [9.17, 15) is 26.4 Å². The molecule has 102 valence electrons. The molecule has 1 aromatic carbocycles. The van der Waals surface area contributed by atoms with Crippen molar-refractivity contribution in [2.24, 2.45) is 0 Å². The number of benzene rings is 1. The molecule has 2 rings (SSSR count). The molecule has 0 aliphatic rings.